The summed E-state index contributed by atoms with van der Waals surface area (Å²) in [6, 6.07) is 15.6. The molecule has 35 heavy (non-hydrogen) atoms. The minimum atomic E-state index is -0.911. The fourth-order valence-corrected chi connectivity index (χ4v) is 6.21. The Kier molecular flexibility index (Phi) is 6.77. The molecule has 0 aliphatic carbocycles. The van der Waals surface area contributed by atoms with Crippen LogP contribution in [0.3, 0.4) is 0 Å². The third-order valence-corrected chi connectivity index (χ3v) is 8.13. The van der Waals surface area contributed by atoms with Gasteiger partial charge in [-0.1, -0.05) is 42.5 Å². The lowest BCUT2D eigenvalue weighted by Crippen LogP contribution is -2.55. The van der Waals surface area contributed by atoms with Crippen LogP contribution in [0.5, 0.6) is 0 Å². The van der Waals surface area contributed by atoms with Crippen molar-refractivity contribution in [2.75, 3.05) is 24.5 Å². The highest BCUT2D eigenvalue weighted by Crippen LogP contribution is 2.45. The summed E-state index contributed by atoms with van der Waals surface area (Å²) in [4.78, 5) is 56.2. The van der Waals surface area contributed by atoms with Gasteiger partial charge in [0.2, 0.25) is 17.7 Å². The van der Waals surface area contributed by atoms with E-state index >= 15 is 0 Å². The van der Waals surface area contributed by atoms with E-state index in [-0.39, 0.29) is 36.6 Å². The fraction of sp³-hybridized carbons (Fsp3) is 0.385. The van der Waals surface area contributed by atoms with Crippen LogP contribution >= 0.6 is 11.8 Å². The molecule has 4 amide bonds. The summed E-state index contributed by atoms with van der Waals surface area (Å²) in [6.07, 6.45) is 2.61. The van der Waals surface area contributed by atoms with E-state index in [0.29, 0.717) is 25.2 Å². The molecule has 0 aromatic heterocycles. The largest absolute Gasteiger partial charge is 0.344 e. The van der Waals surface area contributed by atoms with Gasteiger partial charge >= 0.3 is 0 Å². The maximum Gasteiger partial charge on any atom is 0.251 e. The van der Waals surface area contributed by atoms with Crippen LogP contribution in [0.2, 0.25) is 0 Å². The van der Waals surface area contributed by atoms with Crippen molar-refractivity contribution >= 4 is 41.1 Å². The van der Waals surface area contributed by atoms with E-state index in [1.165, 1.54) is 16.7 Å². The van der Waals surface area contributed by atoms with Crippen molar-refractivity contribution in [3.8, 4) is 0 Å². The summed E-state index contributed by atoms with van der Waals surface area (Å²) < 4.78 is 0. The molecule has 3 heterocycles. The Morgan fingerprint density at radius 2 is 1.71 bits per heavy atom. The molecule has 3 aliphatic rings. The number of amides is 4. The number of carbonyl (C=O) groups excluding carboxylic acids is 4. The van der Waals surface area contributed by atoms with E-state index in [1.807, 2.05) is 54.6 Å². The van der Waals surface area contributed by atoms with E-state index in [1.54, 1.807) is 4.90 Å². The molecule has 0 unspecified atom stereocenters. The Hall–Kier alpha value is -3.33. The number of anilines is 1. The van der Waals surface area contributed by atoms with Crippen molar-refractivity contribution in [3.05, 3.63) is 60.2 Å². The van der Waals surface area contributed by atoms with Gasteiger partial charge in [-0.2, -0.15) is 0 Å². The monoisotopic (exact) mass is 492 g/mol. The van der Waals surface area contributed by atoms with Crippen LogP contribution in [-0.2, 0) is 19.2 Å². The summed E-state index contributed by atoms with van der Waals surface area (Å²) in [5.74, 6) is -0.979. The SMILES string of the molecule is O=C1CC[C@@H](C(=O)N[C@@H]2C(=O)N(CC(=O)N3CCCC3)c3ccccc3S[C@H]2c2ccccc2)N1. The molecule has 2 saturated heterocycles. The molecule has 0 saturated carbocycles. The van der Waals surface area contributed by atoms with Crippen LogP contribution in [0.4, 0.5) is 5.69 Å². The normalized spacial score (nSPS) is 24.1. The number of thioether (sulfide) groups is 1. The Labute approximate surface area is 208 Å². The molecule has 2 fully saturated rings. The van der Waals surface area contributed by atoms with Crippen molar-refractivity contribution in [3.63, 3.8) is 0 Å². The summed E-state index contributed by atoms with van der Waals surface area (Å²) >= 11 is 1.50. The molecule has 8 nitrogen and oxygen atoms in total. The average Bonchev–Trinajstić information content (AvgIpc) is 3.55. The molecular weight excluding hydrogens is 464 g/mol. The zero-order chi connectivity index (χ0) is 24.4. The Balaban J connectivity index is 1.51. The Morgan fingerprint density at radius 1 is 1.00 bits per heavy atom. The average molecular weight is 493 g/mol. The van der Waals surface area contributed by atoms with Gasteiger partial charge in [0, 0.05) is 24.4 Å². The number of fused-ring (bicyclic) bond motifs is 1. The highest BCUT2D eigenvalue weighted by Gasteiger charge is 2.42. The lowest BCUT2D eigenvalue weighted by molar-refractivity contribution is -0.132. The third-order valence-electron chi connectivity index (χ3n) is 6.73. The quantitative estimate of drug-likeness (QED) is 0.667. The van der Waals surface area contributed by atoms with Gasteiger partial charge in [-0.05, 0) is 37.0 Å². The maximum absolute atomic E-state index is 14.1. The van der Waals surface area contributed by atoms with Crippen LogP contribution in [0, 0.1) is 0 Å². The second-order valence-electron chi connectivity index (χ2n) is 9.07. The predicted octanol–water partition coefficient (Wildman–Crippen LogP) is 2.25. The van der Waals surface area contributed by atoms with Gasteiger partial charge in [0.1, 0.15) is 18.6 Å². The molecule has 2 N–H and O–H groups in total. The van der Waals surface area contributed by atoms with Gasteiger partial charge in [0.05, 0.1) is 10.9 Å². The van der Waals surface area contributed by atoms with Crippen molar-refractivity contribution in [1.29, 1.82) is 0 Å². The predicted molar refractivity (Wildman–Crippen MR) is 133 cm³/mol. The number of para-hydroxylation sites is 1. The van der Waals surface area contributed by atoms with E-state index in [4.69, 9.17) is 0 Å². The van der Waals surface area contributed by atoms with E-state index in [0.717, 1.165) is 23.3 Å². The lowest BCUT2D eigenvalue weighted by atomic mass is 10.0. The zero-order valence-corrected chi connectivity index (χ0v) is 20.1. The van der Waals surface area contributed by atoms with Gasteiger partial charge in [0.25, 0.3) is 5.91 Å². The minimum Gasteiger partial charge on any atom is -0.344 e. The van der Waals surface area contributed by atoms with Crippen LogP contribution in [-0.4, -0.2) is 60.2 Å². The maximum atomic E-state index is 14.1. The van der Waals surface area contributed by atoms with Gasteiger partial charge in [-0.3, -0.25) is 19.2 Å². The Morgan fingerprint density at radius 3 is 2.43 bits per heavy atom. The first-order valence-electron chi connectivity index (χ1n) is 12.0. The van der Waals surface area contributed by atoms with Gasteiger partial charge in [-0.15, -0.1) is 11.8 Å². The zero-order valence-electron chi connectivity index (χ0n) is 19.3. The number of rotatable bonds is 5. The third kappa shape index (κ3) is 4.91. The molecule has 3 aliphatic heterocycles. The van der Waals surface area contributed by atoms with Crippen molar-refractivity contribution in [2.45, 2.75) is 47.9 Å². The van der Waals surface area contributed by atoms with E-state index in [2.05, 4.69) is 10.6 Å². The second-order valence-corrected chi connectivity index (χ2v) is 10.3. The standard InChI is InChI=1S/C26H28N4O4S/c31-21-13-12-18(27-21)25(33)28-23-24(17-8-2-1-3-9-17)35-20-11-5-4-10-19(20)30(26(23)34)16-22(32)29-14-6-7-15-29/h1-5,8-11,18,23-24H,6-7,12-16H2,(H,27,31)(H,28,33)/t18-,23-,24-/m0/s1. The van der Waals surface area contributed by atoms with Crippen molar-refractivity contribution in [1.82, 2.24) is 15.5 Å². The topological polar surface area (TPSA) is 98.8 Å². The van der Waals surface area contributed by atoms with Crippen molar-refractivity contribution in [2.24, 2.45) is 0 Å². The van der Waals surface area contributed by atoms with E-state index in [9.17, 15) is 19.2 Å². The smallest absolute Gasteiger partial charge is 0.251 e. The first-order valence-corrected chi connectivity index (χ1v) is 12.9. The summed E-state index contributed by atoms with van der Waals surface area (Å²) in [5, 5.41) is 5.21. The van der Waals surface area contributed by atoms with Gasteiger partial charge in [0.15, 0.2) is 0 Å². The number of carbonyl (C=O) groups is 4. The van der Waals surface area contributed by atoms with Crippen LogP contribution < -0.4 is 15.5 Å². The fourth-order valence-electron chi connectivity index (χ4n) is 4.87. The number of hydrogen-bond donors (Lipinski definition) is 2. The minimum absolute atomic E-state index is 0.0789. The molecule has 0 spiro atoms. The number of benzene rings is 2. The molecular formula is C26H28N4O4S. The number of nitrogens with one attached hydrogen (secondary N) is 2. The highest BCUT2D eigenvalue weighted by molar-refractivity contribution is 7.99. The molecule has 5 rings (SSSR count). The highest BCUT2D eigenvalue weighted by atomic mass is 32.2. The Bertz CT molecular complexity index is 1140. The number of hydrogen-bond acceptors (Lipinski definition) is 5. The molecule has 182 valence electrons. The first-order chi connectivity index (χ1) is 17.0. The summed E-state index contributed by atoms with van der Waals surface area (Å²) in [6.45, 7) is 1.32. The van der Waals surface area contributed by atoms with E-state index < -0.39 is 17.3 Å². The molecule has 9 heteroatoms. The van der Waals surface area contributed by atoms with Crippen LogP contribution in [0.15, 0.2) is 59.5 Å². The second kappa shape index (κ2) is 10.1. The molecule has 0 bridgehead atoms. The molecule has 2 aromatic rings. The van der Waals surface area contributed by atoms with Crippen LogP contribution in [0.1, 0.15) is 36.5 Å². The van der Waals surface area contributed by atoms with Gasteiger partial charge in [-0.25, -0.2) is 0 Å². The summed E-state index contributed by atoms with van der Waals surface area (Å²) in [7, 11) is 0. The lowest BCUT2D eigenvalue weighted by Gasteiger charge is -2.30. The first kappa shape index (κ1) is 23.4. The number of nitrogens with zero attached hydrogens (tertiary/aromatic N) is 2. The molecule has 3 atom stereocenters. The van der Waals surface area contributed by atoms with Gasteiger partial charge < -0.3 is 20.4 Å². The number of likely N-dealkylation sites (tertiary alicyclic amines) is 1. The molecule has 0 radical (unpaired) electrons. The van der Waals surface area contributed by atoms with Crippen LogP contribution in [0.25, 0.3) is 0 Å². The summed E-state index contributed by atoms with van der Waals surface area (Å²) in [5.41, 5.74) is 1.57. The molecule has 2 aromatic carbocycles. The van der Waals surface area contributed by atoms with Crippen molar-refractivity contribution < 1.29 is 19.2 Å².